The minimum atomic E-state index is -0.388. The molecule has 0 atom stereocenters. The highest BCUT2D eigenvalue weighted by atomic mass is 35.5. The molecule has 100 valence electrons. The van der Waals surface area contributed by atoms with Gasteiger partial charge in [-0.25, -0.2) is 0 Å². The van der Waals surface area contributed by atoms with Crippen LogP contribution in [0.1, 0.15) is 15.9 Å². The number of carbonyl (C=O) groups excluding carboxylic acids is 1. The lowest BCUT2D eigenvalue weighted by Gasteiger charge is -2.08. The highest BCUT2D eigenvalue weighted by Gasteiger charge is 2.10. The summed E-state index contributed by atoms with van der Waals surface area (Å²) in [5, 5.41) is 12.4. The molecule has 0 fully saturated rings. The maximum Gasteiger partial charge on any atom is 0.255 e. The molecule has 2 aromatic rings. The van der Waals surface area contributed by atoms with Crippen molar-refractivity contribution in [2.75, 3.05) is 5.32 Å². The standard InChI is InChI=1S/C14H7Cl3N2O/c15-10-4-9(5-11(16)6-10)14(20)19-13-2-1-8(7-18)3-12(13)17/h1-6H,(H,19,20). The van der Waals surface area contributed by atoms with Crippen LogP contribution in [0, 0.1) is 11.3 Å². The van der Waals surface area contributed by atoms with Crippen LogP contribution in [0.2, 0.25) is 15.1 Å². The molecule has 20 heavy (non-hydrogen) atoms. The Labute approximate surface area is 130 Å². The minimum Gasteiger partial charge on any atom is -0.321 e. The van der Waals surface area contributed by atoms with Crippen molar-refractivity contribution < 1.29 is 4.79 Å². The van der Waals surface area contributed by atoms with Crippen LogP contribution in [-0.2, 0) is 0 Å². The van der Waals surface area contributed by atoms with Gasteiger partial charge in [0.05, 0.1) is 22.3 Å². The van der Waals surface area contributed by atoms with Gasteiger partial charge in [-0.1, -0.05) is 34.8 Å². The fourth-order valence-electron chi connectivity index (χ4n) is 1.57. The van der Waals surface area contributed by atoms with Gasteiger partial charge in [-0.3, -0.25) is 4.79 Å². The predicted octanol–water partition coefficient (Wildman–Crippen LogP) is 4.77. The van der Waals surface area contributed by atoms with Crippen molar-refractivity contribution in [2.45, 2.75) is 0 Å². The van der Waals surface area contributed by atoms with Crippen LogP contribution in [0.3, 0.4) is 0 Å². The van der Waals surface area contributed by atoms with E-state index in [1.807, 2.05) is 6.07 Å². The summed E-state index contributed by atoms with van der Waals surface area (Å²) < 4.78 is 0. The third-order valence-corrected chi connectivity index (χ3v) is 3.22. The van der Waals surface area contributed by atoms with Crippen LogP contribution >= 0.6 is 34.8 Å². The number of rotatable bonds is 2. The number of hydrogen-bond acceptors (Lipinski definition) is 2. The van der Waals surface area contributed by atoms with E-state index in [1.165, 1.54) is 24.3 Å². The number of benzene rings is 2. The molecule has 6 heteroatoms. The number of nitriles is 1. The average Bonchev–Trinajstić information content (AvgIpc) is 2.39. The van der Waals surface area contributed by atoms with Crippen LogP contribution < -0.4 is 5.32 Å². The second-order valence-electron chi connectivity index (χ2n) is 3.92. The molecule has 0 aliphatic rings. The molecule has 0 unspecified atom stereocenters. The zero-order chi connectivity index (χ0) is 14.7. The second-order valence-corrected chi connectivity index (χ2v) is 5.20. The van der Waals surface area contributed by atoms with E-state index < -0.39 is 0 Å². The lowest BCUT2D eigenvalue weighted by molar-refractivity contribution is 0.102. The van der Waals surface area contributed by atoms with E-state index >= 15 is 0 Å². The minimum absolute atomic E-state index is 0.283. The molecule has 1 N–H and O–H groups in total. The van der Waals surface area contributed by atoms with Crippen molar-refractivity contribution in [3.63, 3.8) is 0 Å². The number of nitrogens with one attached hydrogen (secondary N) is 1. The number of nitrogens with zero attached hydrogens (tertiary/aromatic N) is 1. The number of hydrogen-bond donors (Lipinski definition) is 1. The van der Waals surface area contributed by atoms with Crippen molar-refractivity contribution in [1.29, 1.82) is 5.26 Å². The predicted molar refractivity (Wildman–Crippen MR) is 80.6 cm³/mol. The Morgan fingerprint density at radius 2 is 1.70 bits per heavy atom. The molecule has 0 saturated carbocycles. The fourth-order valence-corrected chi connectivity index (χ4v) is 2.32. The first kappa shape index (κ1) is 14.7. The van der Waals surface area contributed by atoms with E-state index in [4.69, 9.17) is 40.1 Å². The van der Waals surface area contributed by atoms with Crippen molar-refractivity contribution in [2.24, 2.45) is 0 Å². The van der Waals surface area contributed by atoms with E-state index in [2.05, 4.69) is 5.32 Å². The van der Waals surface area contributed by atoms with Gasteiger partial charge in [0.25, 0.3) is 5.91 Å². The molecule has 3 nitrogen and oxygen atoms in total. The van der Waals surface area contributed by atoms with Crippen LogP contribution in [0.25, 0.3) is 0 Å². The Balaban J connectivity index is 2.26. The Hall–Kier alpha value is -1.73. The molecule has 2 rings (SSSR count). The monoisotopic (exact) mass is 324 g/mol. The molecule has 0 spiro atoms. The maximum atomic E-state index is 12.1. The van der Waals surface area contributed by atoms with Crippen LogP contribution in [0.5, 0.6) is 0 Å². The molecule has 0 radical (unpaired) electrons. The van der Waals surface area contributed by atoms with E-state index in [0.717, 1.165) is 0 Å². The quantitative estimate of drug-likeness (QED) is 0.864. The first-order chi connectivity index (χ1) is 9.49. The summed E-state index contributed by atoms with van der Waals surface area (Å²) in [6.45, 7) is 0. The van der Waals surface area contributed by atoms with Crippen LogP contribution in [0.4, 0.5) is 5.69 Å². The number of carbonyl (C=O) groups is 1. The fraction of sp³-hybridized carbons (Fsp3) is 0. The molecule has 1 amide bonds. The van der Waals surface area contributed by atoms with Gasteiger partial charge >= 0.3 is 0 Å². The second kappa shape index (κ2) is 6.15. The summed E-state index contributed by atoms with van der Waals surface area (Å²) in [6.07, 6.45) is 0. The van der Waals surface area contributed by atoms with Crippen molar-refractivity contribution in [1.82, 2.24) is 0 Å². The molecular formula is C14H7Cl3N2O. The summed E-state index contributed by atoms with van der Waals surface area (Å²) in [5.74, 6) is -0.388. The maximum absolute atomic E-state index is 12.1. The Morgan fingerprint density at radius 1 is 1.05 bits per heavy atom. The van der Waals surface area contributed by atoms with E-state index in [1.54, 1.807) is 12.1 Å². The molecule has 0 heterocycles. The molecule has 0 bridgehead atoms. The number of halogens is 3. The lowest BCUT2D eigenvalue weighted by atomic mass is 10.2. The first-order valence-corrected chi connectivity index (χ1v) is 6.60. The molecule has 2 aromatic carbocycles. The highest BCUT2D eigenvalue weighted by Crippen LogP contribution is 2.24. The van der Waals surface area contributed by atoms with E-state index in [9.17, 15) is 4.79 Å². The van der Waals surface area contributed by atoms with Crippen LogP contribution in [0.15, 0.2) is 36.4 Å². The summed E-state index contributed by atoms with van der Waals surface area (Å²) in [5.41, 5.74) is 1.15. The van der Waals surface area contributed by atoms with Gasteiger partial charge in [0.15, 0.2) is 0 Å². The summed E-state index contributed by atoms with van der Waals surface area (Å²) in [6, 6.07) is 11.1. The molecule has 0 aliphatic heterocycles. The van der Waals surface area contributed by atoms with Crippen molar-refractivity contribution in [3.8, 4) is 6.07 Å². The Morgan fingerprint density at radius 3 is 2.25 bits per heavy atom. The summed E-state index contributed by atoms with van der Waals surface area (Å²) >= 11 is 17.7. The number of amides is 1. The Bertz CT molecular complexity index is 703. The van der Waals surface area contributed by atoms with Gasteiger partial charge in [0.1, 0.15) is 0 Å². The topological polar surface area (TPSA) is 52.9 Å². The lowest BCUT2D eigenvalue weighted by Crippen LogP contribution is -2.12. The average molecular weight is 326 g/mol. The van der Waals surface area contributed by atoms with Gasteiger partial charge < -0.3 is 5.32 Å². The number of anilines is 1. The van der Waals surface area contributed by atoms with Gasteiger partial charge in [0.2, 0.25) is 0 Å². The molecular weight excluding hydrogens is 319 g/mol. The van der Waals surface area contributed by atoms with Gasteiger partial charge in [-0.2, -0.15) is 5.26 Å². The van der Waals surface area contributed by atoms with E-state index in [-0.39, 0.29) is 10.9 Å². The molecule has 0 saturated heterocycles. The van der Waals surface area contributed by atoms with Gasteiger partial charge in [-0.15, -0.1) is 0 Å². The molecule has 0 aromatic heterocycles. The third-order valence-electron chi connectivity index (χ3n) is 2.47. The SMILES string of the molecule is N#Cc1ccc(NC(=O)c2cc(Cl)cc(Cl)c2)c(Cl)c1. The summed E-state index contributed by atoms with van der Waals surface area (Å²) in [4.78, 5) is 12.1. The van der Waals surface area contributed by atoms with E-state index in [0.29, 0.717) is 26.9 Å². The van der Waals surface area contributed by atoms with Gasteiger partial charge in [-0.05, 0) is 36.4 Å². The third kappa shape index (κ3) is 3.43. The highest BCUT2D eigenvalue weighted by molar-refractivity contribution is 6.36. The first-order valence-electron chi connectivity index (χ1n) is 5.46. The van der Waals surface area contributed by atoms with Gasteiger partial charge in [0, 0.05) is 15.6 Å². The molecule has 0 aliphatic carbocycles. The summed E-state index contributed by atoms with van der Waals surface area (Å²) in [7, 11) is 0. The largest absolute Gasteiger partial charge is 0.321 e. The smallest absolute Gasteiger partial charge is 0.255 e. The normalized spacial score (nSPS) is 9.90. The zero-order valence-corrected chi connectivity index (χ0v) is 12.2. The van der Waals surface area contributed by atoms with Crippen molar-refractivity contribution >= 4 is 46.4 Å². The Kier molecular flexibility index (Phi) is 4.51. The zero-order valence-electron chi connectivity index (χ0n) is 9.95. The van der Waals surface area contributed by atoms with Crippen LogP contribution in [-0.4, -0.2) is 5.91 Å². The van der Waals surface area contributed by atoms with Crippen molar-refractivity contribution in [3.05, 3.63) is 62.6 Å².